The van der Waals surface area contributed by atoms with Crippen LogP contribution in [-0.4, -0.2) is 73.6 Å². The summed E-state index contributed by atoms with van der Waals surface area (Å²) in [5.74, 6) is -0.0775. The summed E-state index contributed by atoms with van der Waals surface area (Å²) in [6.45, 7) is 4.30. The van der Waals surface area contributed by atoms with Crippen molar-refractivity contribution in [1.29, 1.82) is 0 Å². The Hall–Kier alpha value is -1.16. The van der Waals surface area contributed by atoms with Gasteiger partial charge in [0.15, 0.2) is 0 Å². The van der Waals surface area contributed by atoms with Gasteiger partial charge in [-0.05, 0) is 25.0 Å². The van der Waals surface area contributed by atoms with E-state index in [1.54, 1.807) is 15.9 Å². The molecule has 2 aliphatic rings. The Balaban J connectivity index is 1.58. The third kappa shape index (κ3) is 4.47. The van der Waals surface area contributed by atoms with Gasteiger partial charge in [0, 0.05) is 45.7 Å². The van der Waals surface area contributed by atoms with E-state index in [-0.39, 0.29) is 35.0 Å². The van der Waals surface area contributed by atoms with E-state index in [1.807, 2.05) is 6.92 Å². The van der Waals surface area contributed by atoms with E-state index >= 15 is 0 Å². The van der Waals surface area contributed by atoms with Crippen LogP contribution in [0.25, 0.3) is 0 Å². The second kappa shape index (κ2) is 8.46. The second-order valence-corrected chi connectivity index (χ2v) is 10.7. The monoisotopic (exact) mass is 433 g/mol. The number of piperazine rings is 1. The average molecular weight is 434 g/mol. The van der Waals surface area contributed by atoms with E-state index in [4.69, 9.17) is 11.6 Å². The molecule has 150 valence electrons. The van der Waals surface area contributed by atoms with Crippen molar-refractivity contribution < 1.29 is 18.0 Å². The molecule has 0 aromatic carbocycles. The van der Waals surface area contributed by atoms with Crippen LogP contribution in [-0.2, 0) is 19.6 Å². The standard InChI is InChI=1S/C17H24ClN3O4S2/c1-2-15(22)20-7-3-4-13(12-20)17(23)19-8-10-21(11-9-19)27(24,25)16-6-5-14(18)26-16/h5-6,13H,2-4,7-12H2,1H3. The molecule has 0 spiro atoms. The van der Waals surface area contributed by atoms with E-state index in [9.17, 15) is 18.0 Å². The zero-order chi connectivity index (χ0) is 19.6. The highest BCUT2D eigenvalue weighted by Crippen LogP contribution is 2.29. The van der Waals surface area contributed by atoms with Crippen molar-refractivity contribution >= 4 is 44.8 Å². The molecule has 3 heterocycles. The molecule has 3 rings (SSSR count). The van der Waals surface area contributed by atoms with Crippen molar-refractivity contribution in [3.05, 3.63) is 16.5 Å². The van der Waals surface area contributed by atoms with E-state index in [2.05, 4.69) is 0 Å². The van der Waals surface area contributed by atoms with Gasteiger partial charge in [-0.2, -0.15) is 4.31 Å². The molecule has 0 radical (unpaired) electrons. The topological polar surface area (TPSA) is 78.0 Å². The van der Waals surface area contributed by atoms with Crippen molar-refractivity contribution in [2.24, 2.45) is 5.92 Å². The number of rotatable bonds is 4. The molecule has 0 aliphatic carbocycles. The molecule has 2 amide bonds. The summed E-state index contributed by atoms with van der Waals surface area (Å²) in [6, 6.07) is 3.09. The first-order chi connectivity index (χ1) is 12.8. The van der Waals surface area contributed by atoms with Gasteiger partial charge >= 0.3 is 0 Å². The Kier molecular flexibility index (Phi) is 6.45. The van der Waals surface area contributed by atoms with E-state index < -0.39 is 10.0 Å². The molecular weight excluding hydrogens is 410 g/mol. The highest BCUT2D eigenvalue weighted by atomic mass is 35.5. The summed E-state index contributed by atoms with van der Waals surface area (Å²) in [5, 5.41) is 0. The van der Waals surface area contributed by atoms with E-state index in [0.29, 0.717) is 36.9 Å². The number of hydrogen-bond acceptors (Lipinski definition) is 5. The number of amides is 2. The molecule has 7 nitrogen and oxygen atoms in total. The van der Waals surface area contributed by atoms with Gasteiger partial charge in [-0.3, -0.25) is 9.59 Å². The number of piperidine rings is 1. The van der Waals surface area contributed by atoms with Crippen LogP contribution in [0.1, 0.15) is 26.2 Å². The van der Waals surface area contributed by atoms with Crippen LogP contribution in [0.15, 0.2) is 16.3 Å². The third-order valence-electron chi connectivity index (χ3n) is 5.12. The summed E-state index contributed by atoms with van der Waals surface area (Å²) < 4.78 is 27.4. The second-order valence-electron chi connectivity index (χ2n) is 6.82. The first-order valence-electron chi connectivity index (χ1n) is 9.15. The molecule has 1 aromatic rings. The molecule has 10 heteroatoms. The number of carbonyl (C=O) groups is 2. The van der Waals surface area contributed by atoms with Gasteiger partial charge in [-0.1, -0.05) is 18.5 Å². The fourth-order valence-electron chi connectivity index (χ4n) is 3.60. The maximum atomic E-state index is 12.8. The predicted octanol–water partition coefficient (Wildman–Crippen LogP) is 1.88. The number of nitrogens with zero attached hydrogens (tertiary/aromatic N) is 3. The minimum absolute atomic E-state index is 0.0276. The minimum Gasteiger partial charge on any atom is -0.342 e. The largest absolute Gasteiger partial charge is 0.342 e. The summed E-state index contributed by atoms with van der Waals surface area (Å²) in [4.78, 5) is 28.3. The zero-order valence-corrected chi connectivity index (χ0v) is 17.7. The average Bonchev–Trinajstić information content (AvgIpc) is 3.14. The number of halogens is 1. The highest BCUT2D eigenvalue weighted by molar-refractivity contribution is 7.91. The first kappa shape index (κ1) is 20.6. The summed E-state index contributed by atoms with van der Waals surface area (Å²) in [6.07, 6.45) is 2.05. The van der Waals surface area contributed by atoms with Gasteiger partial charge < -0.3 is 9.80 Å². The maximum Gasteiger partial charge on any atom is 0.252 e. The molecule has 0 bridgehead atoms. The Morgan fingerprint density at radius 1 is 1.15 bits per heavy atom. The lowest BCUT2D eigenvalue weighted by Crippen LogP contribution is -2.53. The van der Waals surface area contributed by atoms with Crippen molar-refractivity contribution in [3.63, 3.8) is 0 Å². The number of likely N-dealkylation sites (tertiary alicyclic amines) is 1. The molecule has 1 unspecified atom stereocenters. The Labute approximate surface area is 168 Å². The minimum atomic E-state index is -3.56. The molecule has 1 atom stereocenters. The number of carbonyl (C=O) groups excluding carboxylic acids is 2. The van der Waals surface area contributed by atoms with Crippen LogP contribution in [0.4, 0.5) is 0 Å². The van der Waals surface area contributed by atoms with Crippen LogP contribution in [0.5, 0.6) is 0 Å². The van der Waals surface area contributed by atoms with Crippen molar-refractivity contribution in [3.8, 4) is 0 Å². The van der Waals surface area contributed by atoms with Gasteiger partial charge in [-0.25, -0.2) is 8.42 Å². The third-order valence-corrected chi connectivity index (χ3v) is 8.72. The van der Waals surface area contributed by atoms with E-state index in [0.717, 1.165) is 24.2 Å². The predicted molar refractivity (Wildman–Crippen MR) is 104 cm³/mol. The number of sulfonamides is 1. The van der Waals surface area contributed by atoms with Gasteiger partial charge in [-0.15, -0.1) is 11.3 Å². The van der Waals surface area contributed by atoms with Crippen LogP contribution in [0.3, 0.4) is 0 Å². The van der Waals surface area contributed by atoms with Crippen LogP contribution in [0, 0.1) is 5.92 Å². The van der Waals surface area contributed by atoms with Crippen LogP contribution >= 0.6 is 22.9 Å². The van der Waals surface area contributed by atoms with Gasteiger partial charge in [0.25, 0.3) is 10.0 Å². The maximum absolute atomic E-state index is 12.8. The Morgan fingerprint density at radius 3 is 2.44 bits per heavy atom. The lowest BCUT2D eigenvalue weighted by Gasteiger charge is -2.38. The fraction of sp³-hybridized carbons (Fsp3) is 0.647. The molecule has 0 N–H and O–H groups in total. The normalized spacial score (nSPS) is 22.1. The Morgan fingerprint density at radius 2 is 1.85 bits per heavy atom. The van der Waals surface area contributed by atoms with Gasteiger partial charge in [0.1, 0.15) is 4.21 Å². The number of hydrogen-bond donors (Lipinski definition) is 0. The van der Waals surface area contributed by atoms with Crippen molar-refractivity contribution in [2.45, 2.75) is 30.4 Å². The molecule has 2 saturated heterocycles. The summed E-state index contributed by atoms with van der Waals surface area (Å²) >= 11 is 6.90. The quantitative estimate of drug-likeness (QED) is 0.726. The lowest BCUT2D eigenvalue weighted by molar-refractivity contribution is -0.141. The summed E-state index contributed by atoms with van der Waals surface area (Å²) in [7, 11) is -3.56. The smallest absolute Gasteiger partial charge is 0.252 e. The first-order valence-corrected chi connectivity index (χ1v) is 11.8. The van der Waals surface area contributed by atoms with Crippen molar-refractivity contribution in [2.75, 3.05) is 39.3 Å². The molecule has 1 aromatic heterocycles. The zero-order valence-electron chi connectivity index (χ0n) is 15.3. The molecule has 2 aliphatic heterocycles. The SMILES string of the molecule is CCC(=O)N1CCCC(C(=O)N2CCN(S(=O)(=O)c3ccc(Cl)s3)CC2)C1. The number of thiophene rings is 1. The van der Waals surface area contributed by atoms with E-state index in [1.165, 1.54) is 10.4 Å². The fourth-order valence-corrected chi connectivity index (χ4v) is 6.66. The van der Waals surface area contributed by atoms with Gasteiger partial charge in [0.2, 0.25) is 11.8 Å². The molecular formula is C17H24ClN3O4S2. The Bertz CT molecular complexity index is 803. The van der Waals surface area contributed by atoms with Crippen molar-refractivity contribution in [1.82, 2.24) is 14.1 Å². The lowest BCUT2D eigenvalue weighted by atomic mass is 9.96. The van der Waals surface area contributed by atoms with Crippen LogP contribution in [0.2, 0.25) is 4.34 Å². The molecule has 0 saturated carbocycles. The highest BCUT2D eigenvalue weighted by Gasteiger charge is 2.35. The summed E-state index contributed by atoms with van der Waals surface area (Å²) in [5.41, 5.74) is 0. The van der Waals surface area contributed by atoms with Gasteiger partial charge in [0.05, 0.1) is 10.3 Å². The molecule has 27 heavy (non-hydrogen) atoms. The van der Waals surface area contributed by atoms with Crippen LogP contribution < -0.4 is 0 Å². The molecule has 2 fully saturated rings.